The van der Waals surface area contributed by atoms with Crippen molar-refractivity contribution in [3.63, 3.8) is 0 Å². The molecule has 0 aliphatic carbocycles. The smallest absolute Gasteiger partial charge is 0.263 e. The van der Waals surface area contributed by atoms with Crippen molar-refractivity contribution in [3.05, 3.63) is 66.3 Å². The molecule has 2 aromatic rings. The predicted molar refractivity (Wildman–Crippen MR) is 94.5 cm³/mol. The third-order valence-corrected chi connectivity index (χ3v) is 4.12. The van der Waals surface area contributed by atoms with E-state index in [0.717, 1.165) is 26.2 Å². The molecule has 3 rings (SSSR count). The Bertz CT molecular complexity index is 754. The molecule has 2 heterocycles. The van der Waals surface area contributed by atoms with Gasteiger partial charge in [-0.05, 0) is 24.3 Å². The van der Waals surface area contributed by atoms with Gasteiger partial charge in [-0.15, -0.1) is 0 Å². The Balaban J connectivity index is 1.54. The molecule has 25 heavy (non-hydrogen) atoms. The maximum Gasteiger partial charge on any atom is 0.263 e. The van der Waals surface area contributed by atoms with E-state index < -0.39 is 0 Å². The highest BCUT2D eigenvalue weighted by Crippen LogP contribution is 2.16. The molecule has 0 saturated carbocycles. The summed E-state index contributed by atoms with van der Waals surface area (Å²) in [6.07, 6.45) is 3.20. The molecule has 6 nitrogen and oxygen atoms in total. The van der Waals surface area contributed by atoms with Crippen LogP contribution in [-0.2, 0) is 11.3 Å². The zero-order valence-corrected chi connectivity index (χ0v) is 13.9. The van der Waals surface area contributed by atoms with E-state index in [1.165, 1.54) is 5.69 Å². The van der Waals surface area contributed by atoms with Gasteiger partial charge < -0.3 is 19.5 Å². The molecule has 1 aliphatic heterocycles. The summed E-state index contributed by atoms with van der Waals surface area (Å²) < 4.78 is 5.17. The molecular formula is C19H20N4O2. The molecule has 1 N–H and O–H groups in total. The molecule has 1 amide bonds. The van der Waals surface area contributed by atoms with Gasteiger partial charge in [0.05, 0.1) is 12.8 Å². The van der Waals surface area contributed by atoms with Crippen molar-refractivity contribution in [2.24, 2.45) is 0 Å². The van der Waals surface area contributed by atoms with E-state index in [9.17, 15) is 10.1 Å². The Morgan fingerprint density at radius 1 is 1.16 bits per heavy atom. The van der Waals surface area contributed by atoms with Crippen LogP contribution in [0, 0.1) is 11.3 Å². The van der Waals surface area contributed by atoms with Crippen LogP contribution in [0.3, 0.4) is 0 Å². The van der Waals surface area contributed by atoms with Gasteiger partial charge in [0, 0.05) is 38.1 Å². The van der Waals surface area contributed by atoms with Crippen molar-refractivity contribution >= 4 is 11.6 Å². The number of rotatable bonds is 5. The molecule has 6 heteroatoms. The first-order valence-electron chi connectivity index (χ1n) is 8.23. The quantitative estimate of drug-likeness (QED) is 0.669. The topological polar surface area (TPSA) is 72.5 Å². The summed E-state index contributed by atoms with van der Waals surface area (Å²) in [6, 6.07) is 15.8. The number of hydrogen-bond acceptors (Lipinski definition) is 5. The number of amides is 1. The molecule has 0 atom stereocenters. The number of hydrogen-bond donors (Lipinski definition) is 1. The lowest BCUT2D eigenvalue weighted by atomic mass is 10.2. The molecule has 1 saturated heterocycles. The second kappa shape index (κ2) is 8.06. The molecular weight excluding hydrogens is 316 g/mol. The second-order valence-corrected chi connectivity index (χ2v) is 5.78. The van der Waals surface area contributed by atoms with Crippen molar-refractivity contribution in [1.29, 1.82) is 5.26 Å². The van der Waals surface area contributed by atoms with Crippen LogP contribution in [0.1, 0.15) is 5.76 Å². The minimum absolute atomic E-state index is 0.111. The van der Waals surface area contributed by atoms with Crippen LogP contribution in [0.4, 0.5) is 5.69 Å². The molecule has 0 radical (unpaired) electrons. The maximum absolute atomic E-state index is 12.1. The average molecular weight is 336 g/mol. The summed E-state index contributed by atoms with van der Waals surface area (Å²) in [4.78, 5) is 16.5. The number of para-hydroxylation sites is 1. The third-order valence-electron chi connectivity index (χ3n) is 4.12. The Labute approximate surface area is 146 Å². The van der Waals surface area contributed by atoms with Crippen LogP contribution in [0.2, 0.25) is 0 Å². The fourth-order valence-corrected chi connectivity index (χ4v) is 2.74. The Morgan fingerprint density at radius 3 is 2.56 bits per heavy atom. The molecule has 0 unspecified atom stereocenters. The number of nitriles is 1. The molecule has 1 aromatic carbocycles. The Morgan fingerprint density at radius 2 is 1.92 bits per heavy atom. The largest absolute Gasteiger partial charge is 0.467 e. The molecule has 1 fully saturated rings. The summed E-state index contributed by atoms with van der Waals surface area (Å²) in [5.41, 5.74) is 1.31. The first-order valence-corrected chi connectivity index (χ1v) is 8.23. The van der Waals surface area contributed by atoms with Crippen LogP contribution in [-0.4, -0.2) is 37.0 Å². The summed E-state index contributed by atoms with van der Waals surface area (Å²) in [5.74, 6) is 0.270. The maximum atomic E-state index is 12.1. The number of nitrogens with zero attached hydrogens (tertiary/aromatic N) is 3. The summed E-state index contributed by atoms with van der Waals surface area (Å²) in [7, 11) is 0. The first kappa shape index (κ1) is 16.7. The second-order valence-electron chi connectivity index (χ2n) is 5.78. The lowest BCUT2D eigenvalue weighted by molar-refractivity contribution is -0.117. The zero-order chi connectivity index (χ0) is 17.5. The fraction of sp³-hybridized carbons (Fsp3) is 0.263. The number of furan rings is 1. The number of piperazine rings is 1. The molecule has 128 valence electrons. The van der Waals surface area contributed by atoms with Gasteiger partial charge in [-0.2, -0.15) is 5.26 Å². The van der Waals surface area contributed by atoms with Gasteiger partial charge in [0.1, 0.15) is 17.4 Å². The minimum Gasteiger partial charge on any atom is -0.467 e. The number of nitrogens with one attached hydrogen (secondary N) is 1. The summed E-state index contributed by atoms with van der Waals surface area (Å²) in [6.45, 7) is 3.52. The average Bonchev–Trinajstić information content (AvgIpc) is 3.19. The van der Waals surface area contributed by atoms with Crippen molar-refractivity contribution in [3.8, 4) is 6.07 Å². The van der Waals surface area contributed by atoms with Gasteiger partial charge in [-0.3, -0.25) is 4.79 Å². The Hall–Kier alpha value is -3.20. The highest BCUT2D eigenvalue weighted by Gasteiger charge is 2.17. The minimum atomic E-state index is -0.385. The number of benzene rings is 1. The summed E-state index contributed by atoms with van der Waals surface area (Å²) >= 11 is 0. The third kappa shape index (κ3) is 4.42. The number of anilines is 1. The molecule has 0 bridgehead atoms. The monoisotopic (exact) mass is 336 g/mol. The van der Waals surface area contributed by atoms with Gasteiger partial charge in [0.25, 0.3) is 5.91 Å². The van der Waals surface area contributed by atoms with E-state index in [4.69, 9.17) is 4.42 Å². The predicted octanol–water partition coefficient (Wildman–Crippen LogP) is 2.13. The number of carbonyl (C=O) groups is 1. The van der Waals surface area contributed by atoms with E-state index in [2.05, 4.69) is 22.3 Å². The Kier molecular flexibility index (Phi) is 5.37. The van der Waals surface area contributed by atoms with Gasteiger partial charge in [0.15, 0.2) is 0 Å². The fourth-order valence-electron chi connectivity index (χ4n) is 2.74. The van der Waals surface area contributed by atoms with Gasteiger partial charge in [-0.1, -0.05) is 18.2 Å². The van der Waals surface area contributed by atoms with E-state index in [0.29, 0.717) is 5.76 Å². The molecule has 1 aliphatic rings. The van der Waals surface area contributed by atoms with Crippen LogP contribution in [0.15, 0.2) is 64.9 Å². The summed E-state index contributed by atoms with van der Waals surface area (Å²) in [5, 5.41) is 12.0. The van der Waals surface area contributed by atoms with Gasteiger partial charge in [0.2, 0.25) is 0 Å². The van der Waals surface area contributed by atoms with Crippen molar-refractivity contribution in [2.45, 2.75) is 6.54 Å². The lowest BCUT2D eigenvalue weighted by Crippen LogP contribution is -2.44. The highest BCUT2D eigenvalue weighted by atomic mass is 16.3. The lowest BCUT2D eigenvalue weighted by Gasteiger charge is -2.35. The van der Waals surface area contributed by atoms with Gasteiger partial charge in [-0.25, -0.2) is 0 Å². The normalized spacial score (nSPS) is 14.9. The molecule has 0 spiro atoms. The van der Waals surface area contributed by atoms with Crippen molar-refractivity contribution in [1.82, 2.24) is 10.2 Å². The van der Waals surface area contributed by atoms with Crippen molar-refractivity contribution < 1.29 is 9.21 Å². The zero-order valence-electron chi connectivity index (χ0n) is 13.9. The van der Waals surface area contributed by atoms with E-state index in [1.807, 2.05) is 29.2 Å². The van der Waals surface area contributed by atoms with Gasteiger partial charge >= 0.3 is 0 Å². The van der Waals surface area contributed by atoms with Crippen LogP contribution in [0.5, 0.6) is 0 Å². The molecule has 1 aromatic heterocycles. The van der Waals surface area contributed by atoms with E-state index in [-0.39, 0.29) is 18.0 Å². The first-order chi connectivity index (χ1) is 12.3. The number of carbonyl (C=O) groups excluding carboxylic acids is 1. The van der Waals surface area contributed by atoms with Crippen LogP contribution < -0.4 is 10.2 Å². The van der Waals surface area contributed by atoms with Crippen LogP contribution in [0.25, 0.3) is 0 Å². The highest BCUT2D eigenvalue weighted by molar-refractivity contribution is 5.97. The van der Waals surface area contributed by atoms with Crippen LogP contribution >= 0.6 is 0 Å². The van der Waals surface area contributed by atoms with E-state index in [1.54, 1.807) is 24.6 Å². The standard InChI is InChI=1S/C19H20N4O2/c20-13-16(19(24)21-14-18-7-4-12-25-18)15-22-8-10-23(11-9-22)17-5-2-1-3-6-17/h1-7,12,15H,8-11,14H2,(H,21,24). The van der Waals surface area contributed by atoms with Crippen molar-refractivity contribution in [2.75, 3.05) is 31.1 Å². The van der Waals surface area contributed by atoms with E-state index >= 15 is 0 Å². The SMILES string of the molecule is N#CC(=CN1CCN(c2ccccc2)CC1)C(=O)NCc1ccco1.